The number of hydrogen-bond donors (Lipinski definition) is 2. The Morgan fingerprint density at radius 2 is 2.16 bits per heavy atom. The second-order valence-corrected chi connectivity index (χ2v) is 6.50. The van der Waals surface area contributed by atoms with E-state index < -0.39 is 0 Å². The summed E-state index contributed by atoms with van der Waals surface area (Å²) < 4.78 is 0. The van der Waals surface area contributed by atoms with Gasteiger partial charge in [-0.3, -0.25) is 4.79 Å². The lowest BCUT2D eigenvalue weighted by Gasteiger charge is -2.40. The van der Waals surface area contributed by atoms with E-state index in [1.165, 1.54) is 17.8 Å². The zero-order valence-electron chi connectivity index (χ0n) is 11.9. The van der Waals surface area contributed by atoms with Gasteiger partial charge in [-0.1, -0.05) is 25.2 Å². The molecule has 0 radical (unpaired) electrons. The van der Waals surface area contributed by atoms with E-state index in [0.717, 1.165) is 6.54 Å². The fraction of sp³-hybridized carbons (Fsp3) is 0.692. The van der Waals surface area contributed by atoms with Crippen molar-refractivity contribution in [3.8, 4) is 0 Å². The van der Waals surface area contributed by atoms with E-state index in [0.29, 0.717) is 27.7 Å². The van der Waals surface area contributed by atoms with Gasteiger partial charge >= 0.3 is 0 Å². The number of hydrogen-bond acceptors (Lipinski definition) is 5. The minimum absolute atomic E-state index is 0.0161. The lowest BCUT2D eigenvalue weighted by molar-refractivity contribution is 0.0461. The van der Waals surface area contributed by atoms with Gasteiger partial charge in [-0.15, -0.1) is 0 Å². The molecule has 19 heavy (non-hydrogen) atoms. The van der Waals surface area contributed by atoms with E-state index in [1.807, 2.05) is 4.90 Å². The summed E-state index contributed by atoms with van der Waals surface area (Å²) in [5, 5.41) is 3.62. The Morgan fingerprint density at radius 1 is 1.47 bits per heavy atom. The molecule has 1 fully saturated rings. The van der Waals surface area contributed by atoms with Crippen LogP contribution in [0.5, 0.6) is 0 Å². The molecule has 1 amide bonds. The second-order valence-electron chi connectivity index (χ2n) is 5.50. The number of carbonyl (C=O) groups excluding carboxylic acids is 1. The number of aromatic nitrogens is 1. The van der Waals surface area contributed by atoms with Gasteiger partial charge in [-0.25, -0.2) is 4.98 Å². The quantitative estimate of drug-likeness (QED) is 0.873. The number of nitrogens with two attached hydrogens (primary N) is 1. The molecule has 3 atom stereocenters. The van der Waals surface area contributed by atoms with Crippen molar-refractivity contribution >= 4 is 28.2 Å². The third kappa shape index (κ3) is 2.68. The predicted molar refractivity (Wildman–Crippen MR) is 79.5 cm³/mol. The Kier molecular flexibility index (Phi) is 3.99. The van der Waals surface area contributed by atoms with E-state index >= 15 is 0 Å². The van der Waals surface area contributed by atoms with Gasteiger partial charge in [-0.2, -0.15) is 0 Å². The molecule has 0 saturated carbocycles. The van der Waals surface area contributed by atoms with Crippen LogP contribution in [0, 0.1) is 11.8 Å². The molecule has 5 nitrogen and oxygen atoms in total. The molecule has 2 rings (SSSR count). The zero-order valence-corrected chi connectivity index (χ0v) is 12.8. The van der Waals surface area contributed by atoms with Crippen LogP contribution in [-0.4, -0.2) is 35.4 Å². The lowest BCUT2D eigenvalue weighted by atomic mass is 9.86. The molecule has 2 heterocycles. The van der Waals surface area contributed by atoms with Crippen LogP contribution in [0.3, 0.4) is 0 Å². The predicted octanol–water partition coefficient (Wildman–Crippen LogP) is 2.27. The number of nitrogens with one attached hydrogen (secondary N) is 1. The Hall–Kier alpha value is -1.30. The fourth-order valence-electron chi connectivity index (χ4n) is 2.71. The first-order valence-electron chi connectivity index (χ1n) is 6.69. The Morgan fingerprint density at radius 3 is 2.74 bits per heavy atom. The topological polar surface area (TPSA) is 71.2 Å². The summed E-state index contributed by atoms with van der Waals surface area (Å²) in [4.78, 5) is 19.3. The average Bonchev–Trinajstić information content (AvgIpc) is 2.74. The molecule has 3 unspecified atom stereocenters. The highest BCUT2D eigenvalue weighted by atomic mass is 32.1. The van der Waals surface area contributed by atoms with Crippen molar-refractivity contribution < 1.29 is 4.79 Å². The molecule has 0 bridgehead atoms. The highest BCUT2D eigenvalue weighted by molar-refractivity contribution is 7.18. The monoisotopic (exact) mass is 282 g/mol. The zero-order chi connectivity index (χ0) is 14.2. The van der Waals surface area contributed by atoms with Crippen molar-refractivity contribution in [2.45, 2.75) is 33.2 Å². The van der Waals surface area contributed by atoms with Crippen molar-refractivity contribution in [2.24, 2.45) is 11.8 Å². The van der Waals surface area contributed by atoms with Crippen LogP contribution in [0.1, 0.15) is 36.9 Å². The molecule has 1 aliphatic heterocycles. The number of nitrogens with zero attached hydrogens (tertiary/aromatic N) is 2. The van der Waals surface area contributed by atoms with Crippen LogP contribution in [0.4, 0.5) is 10.9 Å². The molecule has 1 aliphatic rings. The lowest BCUT2D eigenvalue weighted by Crippen LogP contribution is -2.48. The van der Waals surface area contributed by atoms with Crippen LogP contribution < -0.4 is 11.1 Å². The summed E-state index contributed by atoms with van der Waals surface area (Å²) in [5.41, 5.74) is 5.85. The van der Waals surface area contributed by atoms with Crippen molar-refractivity contribution in [1.29, 1.82) is 0 Å². The standard InChI is InChI=1S/C13H22N4OS/c1-7-5-8(2)9(3)17(6-7)12(18)10-11(14)16-13(15-4)19-10/h7-9H,5-6,14H2,1-4H3,(H,15,16). The van der Waals surface area contributed by atoms with E-state index in [9.17, 15) is 4.79 Å². The molecule has 0 aliphatic carbocycles. The molecule has 0 spiro atoms. The van der Waals surface area contributed by atoms with Crippen LogP contribution in [-0.2, 0) is 0 Å². The minimum Gasteiger partial charge on any atom is -0.382 e. The maximum absolute atomic E-state index is 12.6. The molecule has 1 aromatic rings. The third-order valence-electron chi connectivity index (χ3n) is 3.92. The van der Waals surface area contributed by atoms with Crippen molar-refractivity contribution in [3.05, 3.63) is 4.88 Å². The number of piperidine rings is 1. The number of amides is 1. The van der Waals surface area contributed by atoms with Crippen molar-refractivity contribution in [3.63, 3.8) is 0 Å². The second kappa shape index (κ2) is 5.36. The molecule has 1 saturated heterocycles. The normalized spacial score (nSPS) is 27.4. The van der Waals surface area contributed by atoms with Crippen LogP contribution in [0.25, 0.3) is 0 Å². The van der Waals surface area contributed by atoms with Gasteiger partial charge in [0.15, 0.2) is 5.13 Å². The maximum atomic E-state index is 12.6. The Bertz CT molecular complexity index is 473. The maximum Gasteiger partial charge on any atom is 0.268 e. The van der Waals surface area contributed by atoms with Gasteiger partial charge in [0.25, 0.3) is 5.91 Å². The average molecular weight is 282 g/mol. The summed E-state index contributed by atoms with van der Waals surface area (Å²) in [6.45, 7) is 7.31. The van der Waals surface area contributed by atoms with Gasteiger partial charge in [-0.05, 0) is 25.2 Å². The number of likely N-dealkylation sites (tertiary alicyclic amines) is 1. The molecule has 6 heteroatoms. The highest BCUT2D eigenvalue weighted by Gasteiger charge is 2.34. The van der Waals surface area contributed by atoms with Crippen LogP contribution in [0.2, 0.25) is 0 Å². The minimum atomic E-state index is 0.0161. The van der Waals surface area contributed by atoms with E-state index in [4.69, 9.17) is 5.73 Å². The van der Waals surface area contributed by atoms with Gasteiger partial charge in [0.05, 0.1) is 0 Å². The number of nitrogen functional groups attached to an aromatic ring is 1. The molecular weight excluding hydrogens is 260 g/mol. The summed E-state index contributed by atoms with van der Waals surface area (Å²) in [7, 11) is 1.78. The smallest absolute Gasteiger partial charge is 0.268 e. The Balaban J connectivity index is 2.24. The summed E-state index contributed by atoms with van der Waals surface area (Å²) in [6.07, 6.45) is 1.17. The van der Waals surface area contributed by atoms with Gasteiger partial charge in [0.1, 0.15) is 10.7 Å². The van der Waals surface area contributed by atoms with Crippen LogP contribution in [0.15, 0.2) is 0 Å². The van der Waals surface area contributed by atoms with Crippen molar-refractivity contribution in [2.75, 3.05) is 24.6 Å². The van der Waals surface area contributed by atoms with Crippen molar-refractivity contribution in [1.82, 2.24) is 9.88 Å². The number of anilines is 2. The van der Waals surface area contributed by atoms with E-state index in [1.54, 1.807) is 7.05 Å². The first kappa shape index (κ1) is 14.1. The molecular formula is C13H22N4OS. The highest BCUT2D eigenvalue weighted by Crippen LogP contribution is 2.32. The SMILES string of the molecule is CNc1nc(N)c(C(=O)N2CC(C)CC(C)C2C)s1. The number of carbonyl (C=O) groups is 1. The molecule has 3 N–H and O–H groups in total. The summed E-state index contributed by atoms with van der Waals surface area (Å²) in [5.74, 6) is 1.40. The van der Waals surface area contributed by atoms with Gasteiger partial charge in [0.2, 0.25) is 0 Å². The number of rotatable bonds is 2. The summed E-state index contributed by atoms with van der Waals surface area (Å²) in [6, 6.07) is 0.253. The third-order valence-corrected chi connectivity index (χ3v) is 5.00. The molecule has 0 aromatic carbocycles. The van der Waals surface area contributed by atoms with E-state index in [2.05, 4.69) is 31.1 Å². The fourth-order valence-corrected chi connectivity index (χ4v) is 3.50. The number of thiazole rings is 1. The molecule has 1 aromatic heterocycles. The summed E-state index contributed by atoms with van der Waals surface area (Å²) >= 11 is 1.33. The van der Waals surface area contributed by atoms with Gasteiger partial charge in [0, 0.05) is 19.6 Å². The van der Waals surface area contributed by atoms with Crippen LogP contribution >= 0.6 is 11.3 Å². The first-order valence-corrected chi connectivity index (χ1v) is 7.50. The Labute approximate surface area is 118 Å². The first-order chi connectivity index (χ1) is 8.93. The van der Waals surface area contributed by atoms with E-state index in [-0.39, 0.29) is 11.9 Å². The largest absolute Gasteiger partial charge is 0.382 e. The molecule has 106 valence electrons. The van der Waals surface area contributed by atoms with Gasteiger partial charge < -0.3 is 16.0 Å².